The van der Waals surface area contributed by atoms with Gasteiger partial charge in [0.05, 0.1) is 19.1 Å². The van der Waals surface area contributed by atoms with Crippen molar-refractivity contribution in [1.82, 2.24) is 9.80 Å². The number of hydrogen-bond donors (Lipinski definition) is 0. The fourth-order valence-corrected chi connectivity index (χ4v) is 3.73. The molecule has 4 atom stereocenters. The van der Waals surface area contributed by atoms with E-state index < -0.39 is 24.1 Å². The largest absolute Gasteiger partial charge is 0.423 e. The van der Waals surface area contributed by atoms with Crippen LogP contribution in [0.25, 0.3) is 0 Å². The summed E-state index contributed by atoms with van der Waals surface area (Å²) in [5, 5.41) is 0. The number of nitrogens with zero attached hydrogens (tertiary/aromatic N) is 3. The lowest BCUT2D eigenvalue weighted by atomic mass is 10.2. The van der Waals surface area contributed by atoms with Gasteiger partial charge >= 0.3 is 6.09 Å². The molecule has 2 aliphatic heterocycles. The van der Waals surface area contributed by atoms with E-state index in [2.05, 4.69) is 0 Å². The number of amides is 2. The average Bonchev–Trinajstić information content (AvgIpc) is 2.89. The van der Waals surface area contributed by atoms with Gasteiger partial charge in [-0.1, -0.05) is 18.2 Å². The Hall–Kier alpha value is -2.19. The first-order valence-electron chi connectivity index (χ1n) is 8.20. The van der Waals surface area contributed by atoms with Crippen LogP contribution in [-0.4, -0.2) is 79.6 Å². The maximum atomic E-state index is 14.1. The molecule has 4 unspecified atom stereocenters. The number of methoxy groups -OCH3 is 1. The van der Waals surface area contributed by atoms with Crippen molar-refractivity contribution in [2.24, 2.45) is 0 Å². The molecule has 0 bridgehead atoms. The molecular formula is C17H20FN3O4. The quantitative estimate of drug-likeness (QED) is 0.789. The lowest BCUT2D eigenvalue weighted by Crippen LogP contribution is -2.53. The Labute approximate surface area is 144 Å². The Morgan fingerprint density at radius 1 is 1.44 bits per heavy atom. The number of benzene rings is 1. The zero-order valence-corrected chi connectivity index (χ0v) is 14.1. The Kier molecular flexibility index (Phi) is 3.69. The van der Waals surface area contributed by atoms with E-state index >= 15 is 0 Å². The minimum atomic E-state index is -1.29. The fourth-order valence-electron chi connectivity index (χ4n) is 3.73. The van der Waals surface area contributed by atoms with Crippen molar-refractivity contribution in [2.75, 3.05) is 38.7 Å². The Bertz CT molecular complexity index is 702. The number of halogens is 1. The van der Waals surface area contributed by atoms with Crippen molar-refractivity contribution in [3.63, 3.8) is 0 Å². The van der Waals surface area contributed by atoms with Crippen LogP contribution in [0.3, 0.4) is 0 Å². The predicted octanol–water partition coefficient (Wildman–Crippen LogP) is 0.849. The monoisotopic (exact) mass is 349 g/mol. The highest BCUT2D eigenvalue weighted by Gasteiger charge is 2.78. The molecule has 1 aromatic rings. The maximum absolute atomic E-state index is 14.1. The van der Waals surface area contributed by atoms with Gasteiger partial charge in [0, 0.05) is 26.4 Å². The van der Waals surface area contributed by atoms with Gasteiger partial charge in [-0.15, -0.1) is 0 Å². The number of alkyl halides is 1. The highest BCUT2D eigenvalue weighted by molar-refractivity contribution is 5.90. The molecule has 2 saturated heterocycles. The Morgan fingerprint density at radius 2 is 2.16 bits per heavy atom. The van der Waals surface area contributed by atoms with E-state index in [1.54, 1.807) is 11.9 Å². The number of hydrogen-bond acceptors (Lipinski definition) is 5. The number of rotatable bonds is 5. The van der Waals surface area contributed by atoms with Crippen LogP contribution in [0.2, 0.25) is 0 Å². The van der Waals surface area contributed by atoms with E-state index in [0.29, 0.717) is 0 Å². The number of para-hydroxylation sites is 1. The summed E-state index contributed by atoms with van der Waals surface area (Å²) >= 11 is 0. The van der Waals surface area contributed by atoms with Crippen LogP contribution in [0, 0.1) is 0 Å². The third kappa shape index (κ3) is 2.47. The van der Waals surface area contributed by atoms with E-state index in [-0.39, 0.29) is 31.6 Å². The SMILES string of the molecule is COC1C2N(CC(=O)N(C)C3CN(c4ccccc4)C(=O)O3)CC12F. The van der Waals surface area contributed by atoms with Gasteiger partial charge in [0.15, 0.2) is 11.9 Å². The minimum Gasteiger partial charge on any atom is -0.423 e. The van der Waals surface area contributed by atoms with Gasteiger partial charge in [-0.3, -0.25) is 14.6 Å². The topological polar surface area (TPSA) is 62.3 Å². The summed E-state index contributed by atoms with van der Waals surface area (Å²) in [5.74, 6) is -0.212. The van der Waals surface area contributed by atoms with E-state index in [1.165, 1.54) is 16.9 Å². The molecule has 0 N–H and O–H groups in total. The summed E-state index contributed by atoms with van der Waals surface area (Å²) in [6.45, 7) is 0.560. The molecule has 0 aromatic heterocycles. The van der Waals surface area contributed by atoms with Crippen LogP contribution in [-0.2, 0) is 14.3 Å². The summed E-state index contributed by atoms with van der Waals surface area (Å²) < 4.78 is 24.5. The molecular weight excluding hydrogens is 329 g/mol. The molecule has 3 aliphatic rings. The molecule has 8 heteroatoms. The zero-order chi connectivity index (χ0) is 17.8. The summed E-state index contributed by atoms with van der Waals surface area (Å²) in [6.07, 6.45) is -1.58. The molecule has 0 spiro atoms. The van der Waals surface area contributed by atoms with Crippen molar-refractivity contribution in [1.29, 1.82) is 0 Å². The van der Waals surface area contributed by atoms with Crippen molar-refractivity contribution in [3.8, 4) is 0 Å². The van der Waals surface area contributed by atoms with Crippen LogP contribution >= 0.6 is 0 Å². The number of carbonyl (C=O) groups excluding carboxylic acids is 2. The molecule has 3 fully saturated rings. The van der Waals surface area contributed by atoms with E-state index in [0.717, 1.165) is 5.69 Å². The first kappa shape index (κ1) is 16.3. The average molecular weight is 349 g/mol. The van der Waals surface area contributed by atoms with Crippen LogP contribution in [0.1, 0.15) is 0 Å². The number of fused-ring (bicyclic) bond motifs is 1. The third-order valence-corrected chi connectivity index (χ3v) is 5.26. The molecule has 1 aliphatic carbocycles. The van der Waals surface area contributed by atoms with Crippen molar-refractivity contribution < 1.29 is 23.5 Å². The first-order chi connectivity index (χ1) is 12.0. The van der Waals surface area contributed by atoms with E-state index in [4.69, 9.17) is 9.47 Å². The third-order valence-electron chi connectivity index (χ3n) is 5.26. The van der Waals surface area contributed by atoms with Crippen LogP contribution in [0.4, 0.5) is 14.9 Å². The van der Waals surface area contributed by atoms with Crippen molar-refractivity contribution in [2.45, 2.75) is 24.0 Å². The van der Waals surface area contributed by atoms with Gasteiger partial charge in [0.1, 0.15) is 6.10 Å². The Balaban J connectivity index is 1.35. The summed E-state index contributed by atoms with van der Waals surface area (Å²) in [4.78, 5) is 29.2. The van der Waals surface area contributed by atoms with Crippen molar-refractivity contribution >= 4 is 17.7 Å². The van der Waals surface area contributed by atoms with E-state index in [9.17, 15) is 14.0 Å². The van der Waals surface area contributed by atoms with Crippen LogP contribution < -0.4 is 4.90 Å². The number of carbonyl (C=O) groups is 2. The first-order valence-corrected chi connectivity index (χ1v) is 8.20. The van der Waals surface area contributed by atoms with Gasteiger partial charge in [0.2, 0.25) is 5.91 Å². The highest BCUT2D eigenvalue weighted by Crippen LogP contribution is 2.55. The molecule has 1 saturated carbocycles. The maximum Gasteiger partial charge on any atom is 0.416 e. The normalized spacial score (nSPS) is 33.5. The highest BCUT2D eigenvalue weighted by atomic mass is 19.1. The molecule has 25 heavy (non-hydrogen) atoms. The summed E-state index contributed by atoms with van der Waals surface area (Å²) in [7, 11) is 3.07. The number of likely N-dealkylation sites (tertiary alicyclic amines) is 1. The molecule has 0 radical (unpaired) electrons. The zero-order valence-electron chi connectivity index (χ0n) is 14.1. The number of likely N-dealkylation sites (N-methyl/N-ethyl adjacent to an activating group) is 1. The van der Waals surface area contributed by atoms with Gasteiger partial charge in [0.25, 0.3) is 0 Å². The molecule has 7 nitrogen and oxygen atoms in total. The lowest BCUT2D eigenvalue weighted by molar-refractivity contribution is -0.139. The second-order valence-electron chi connectivity index (χ2n) is 6.72. The molecule has 2 heterocycles. The number of ether oxygens (including phenoxy) is 2. The van der Waals surface area contributed by atoms with Crippen molar-refractivity contribution in [3.05, 3.63) is 30.3 Å². The van der Waals surface area contributed by atoms with Gasteiger partial charge in [-0.25, -0.2) is 9.18 Å². The standard InChI is InChI=1S/C17H20FN3O4/c1-19(12(22)8-20-10-17(18)14(20)15(17)24-2)13-9-21(16(23)25-13)11-6-4-3-5-7-11/h3-7,13-15H,8-10H2,1-2H3. The fraction of sp³-hybridized carbons (Fsp3) is 0.529. The van der Waals surface area contributed by atoms with Gasteiger partial charge < -0.3 is 14.4 Å². The summed E-state index contributed by atoms with van der Waals surface area (Å²) in [5.41, 5.74) is -0.570. The predicted molar refractivity (Wildman–Crippen MR) is 86.8 cm³/mol. The number of anilines is 1. The lowest BCUT2D eigenvalue weighted by Gasteiger charge is -2.33. The van der Waals surface area contributed by atoms with E-state index in [1.807, 2.05) is 30.3 Å². The second-order valence-corrected chi connectivity index (χ2v) is 6.72. The molecule has 4 rings (SSSR count). The number of cyclic esters (lactones) is 1. The Morgan fingerprint density at radius 3 is 2.80 bits per heavy atom. The van der Waals surface area contributed by atoms with Gasteiger partial charge in [-0.05, 0) is 12.1 Å². The molecule has 2 amide bonds. The molecule has 1 aromatic carbocycles. The smallest absolute Gasteiger partial charge is 0.416 e. The minimum absolute atomic E-state index is 0.0894. The molecule has 134 valence electrons. The van der Waals surface area contributed by atoms with Crippen LogP contribution in [0.15, 0.2) is 30.3 Å². The van der Waals surface area contributed by atoms with Gasteiger partial charge in [-0.2, -0.15) is 0 Å². The van der Waals surface area contributed by atoms with Crippen LogP contribution in [0.5, 0.6) is 0 Å². The summed E-state index contributed by atoms with van der Waals surface area (Å²) in [6, 6.07) is 8.82. The second kappa shape index (κ2) is 5.67.